The van der Waals surface area contributed by atoms with E-state index < -0.39 is 0 Å². The maximum Gasteiger partial charge on any atom is 0.113 e. The molecule has 6 heteroatoms. The van der Waals surface area contributed by atoms with Gasteiger partial charge in [0.25, 0.3) is 0 Å². The fourth-order valence-electron chi connectivity index (χ4n) is 11.2. The highest BCUT2D eigenvalue weighted by Crippen LogP contribution is 2.68. The highest BCUT2D eigenvalue weighted by atomic mass is 15.2. The van der Waals surface area contributed by atoms with Gasteiger partial charge in [-0.1, -0.05) is 41.5 Å². The van der Waals surface area contributed by atoms with Gasteiger partial charge in [-0.15, -0.1) is 0 Å². The molecule has 4 bridgehead atoms. The quantitative estimate of drug-likeness (QED) is 0.231. The van der Waals surface area contributed by atoms with Crippen LogP contribution in [-0.4, -0.2) is 46.1 Å². The molecule has 238 valence electrons. The van der Waals surface area contributed by atoms with E-state index in [1.54, 1.807) is 0 Å². The van der Waals surface area contributed by atoms with E-state index in [1.165, 1.54) is 96.6 Å². The third-order valence-electron chi connectivity index (χ3n) is 15.0. The Balaban J connectivity index is 1.26. The van der Waals surface area contributed by atoms with Crippen LogP contribution in [0.5, 0.6) is 0 Å². The molecule has 4 aliphatic carbocycles. The monoisotopic (exact) mass is 612 g/mol. The second-order valence-electron chi connectivity index (χ2n) is 17.3. The zero-order valence-electron chi connectivity index (χ0n) is 28.6. The lowest BCUT2D eigenvalue weighted by atomic mass is 9.70. The average Bonchev–Trinajstić information content (AvgIpc) is 3.87. The first-order valence-corrected chi connectivity index (χ1v) is 18.3. The van der Waals surface area contributed by atoms with E-state index in [9.17, 15) is 0 Å². The summed E-state index contributed by atoms with van der Waals surface area (Å²) in [4.78, 5) is 27.8. The molecule has 46 heavy (non-hydrogen) atoms. The van der Waals surface area contributed by atoms with Crippen LogP contribution < -0.4 is 9.80 Å². The Morgan fingerprint density at radius 1 is 0.522 bits per heavy atom. The summed E-state index contributed by atoms with van der Waals surface area (Å²) in [5.41, 5.74) is 14.6. The molecule has 6 nitrogen and oxygen atoms in total. The van der Waals surface area contributed by atoms with Gasteiger partial charge in [0, 0.05) is 60.0 Å². The van der Waals surface area contributed by atoms with E-state index in [2.05, 4.69) is 75.6 Å². The molecule has 0 N–H and O–H groups in total. The molecule has 2 saturated heterocycles. The number of fused-ring (bicyclic) bond motifs is 12. The third-order valence-corrected chi connectivity index (χ3v) is 15.0. The number of hydrogen-bond donors (Lipinski definition) is 0. The van der Waals surface area contributed by atoms with Crippen molar-refractivity contribution < 1.29 is 0 Å². The van der Waals surface area contributed by atoms with Crippen LogP contribution in [0.3, 0.4) is 0 Å². The molecule has 4 heterocycles. The van der Waals surface area contributed by atoms with Crippen molar-refractivity contribution in [1.82, 2.24) is 19.9 Å². The van der Waals surface area contributed by atoms with E-state index >= 15 is 0 Å². The first-order chi connectivity index (χ1) is 22.0. The van der Waals surface area contributed by atoms with Gasteiger partial charge in [0.1, 0.15) is 11.0 Å². The number of nitrogens with zero attached hydrogens (tertiary/aromatic N) is 6. The maximum atomic E-state index is 5.69. The van der Waals surface area contributed by atoms with Gasteiger partial charge in [-0.25, -0.2) is 19.9 Å². The maximum absolute atomic E-state index is 5.69. The zero-order valence-corrected chi connectivity index (χ0v) is 28.6. The highest BCUT2D eigenvalue weighted by Gasteiger charge is 2.62. The summed E-state index contributed by atoms with van der Waals surface area (Å²) >= 11 is 0. The van der Waals surface area contributed by atoms with E-state index in [4.69, 9.17) is 19.9 Å². The highest BCUT2D eigenvalue weighted by molar-refractivity contribution is 6.07. The normalized spacial score (nSPS) is 31.5. The average molecular weight is 613 g/mol. The van der Waals surface area contributed by atoms with E-state index in [1.807, 2.05) is 0 Å². The lowest BCUT2D eigenvalue weighted by molar-refractivity contribution is 0.227. The van der Waals surface area contributed by atoms with Crippen LogP contribution in [0.4, 0.5) is 11.4 Å². The van der Waals surface area contributed by atoms with Gasteiger partial charge in [0.05, 0.1) is 45.2 Å². The third kappa shape index (κ3) is 3.15. The number of benzene rings is 2. The molecule has 2 aromatic heterocycles. The molecule has 2 aliphatic heterocycles. The number of anilines is 2. The molecular weight excluding hydrogens is 564 g/mol. The van der Waals surface area contributed by atoms with Crippen LogP contribution in [0.2, 0.25) is 0 Å². The number of hydrogen-bond acceptors (Lipinski definition) is 6. The minimum atomic E-state index is 0.0742. The molecule has 4 atom stereocenters. The summed E-state index contributed by atoms with van der Waals surface area (Å²) in [6.45, 7) is 19.1. The molecule has 0 radical (unpaired) electrons. The number of rotatable bonds is 3. The van der Waals surface area contributed by atoms with Gasteiger partial charge in [0.15, 0.2) is 0 Å². The van der Waals surface area contributed by atoms with Crippen molar-refractivity contribution in [2.45, 2.75) is 116 Å². The summed E-state index contributed by atoms with van der Waals surface area (Å²) in [6.07, 6.45) is 9.80. The van der Waals surface area contributed by atoms with Crippen molar-refractivity contribution in [2.75, 3.05) is 36.0 Å². The van der Waals surface area contributed by atoms with E-state index in [0.717, 1.165) is 48.2 Å². The number of aromatic nitrogens is 4. The van der Waals surface area contributed by atoms with Crippen LogP contribution in [0.25, 0.3) is 33.2 Å². The molecule has 0 unspecified atom stereocenters. The minimum Gasteiger partial charge on any atom is -0.370 e. The van der Waals surface area contributed by atoms with Gasteiger partial charge in [-0.05, 0) is 86.5 Å². The van der Waals surface area contributed by atoms with Gasteiger partial charge in [-0.3, -0.25) is 0 Å². The van der Waals surface area contributed by atoms with Crippen molar-refractivity contribution in [3.8, 4) is 11.1 Å². The van der Waals surface area contributed by atoms with Crippen molar-refractivity contribution in [2.24, 2.45) is 10.8 Å². The fraction of sp³-hybridized carbons (Fsp3) is 0.600. The molecule has 0 spiro atoms. The molecule has 6 aliphatic rings. The standard InChI is InChI=1S/C40H48N6/c1-37(2)25-15-17-39(37,5)35-31(25)41-29-23(11-13-27(33(29)43-35)45-19-7-8-20-45)24-12-14-28(46-21-9-10-22-46)34-30(24)42-32-26-16-18-40(6,36(32)44-34)38(26,3)4/h11-14,25-26H,7-10,15-22H2,1-6H3/t25-,26-,39+,40+/m0/s1. The first kappa shape index (κ1) is 27.8. The predicted molar refractivity (Wildman–Crippen MR) is 187 cm³/mol. The van der Waals surface area contributed by atoms with Crippen LogP contribution in [0.15, 0.2) is 24.3 Å². The van der Waals surface area contributed by atoms with E-state index in [-0.39, 0.29) is 21.7 Å². The van der Waals surface area contributed by atoms with Crippen LogP contribution in [-0.2, 0) is 10.8 Å². The lowest BCUT2D eigenvalue weighted by Crippen LogP contribution is -2.32. The van der Waals surface area contributed by atoms with Crippen LogP contribution >= 0.6 is 0 Å². The van der Waals surface area contributed by atoms with Crippen LogP contribution in [0.1, 0.15) is 128 Å². The Morgan fingerprint density at radius 3 is 1.30 bits per heavy atom. The summed E-state index contributed by atoms with van der Waals surface area (Å²) in [7, 11) is 0. The van der Waals surface area contributed by atoms with Crippen LogP contribution in [0, 0.1) is 10.8 Å². The SMILES string of the molecule is CC1(C)[C@H]2CC[C@]1(C)c1nc3c(N4CCCC4)ccc(-c4ccc(N5CCCC5)c5nc6c(nc45)[C@@H]4CC[C@@]6(C)C4(C)C)c3nc12. The Bertz CT molecular complexity index is 1840. The largest absolute Gasteiger partial charge is 0.370 e. The molecule has 4 aromatic rings. The van der Waals surface area contributed by atoms with Gasteiger partial charge < -0.3 is 9.80 Å². The fourth-order valence-corrected chi connectivity index (χ4v) is 11.2. The first-order valence-electron chi connectivity index (χ1n) is 18.3. The van der Waals surface area contributed by atoms with Gasteiger partial charge >= 0.3 is 0 Å². The van der Waals surface area contributed by atoms with E-state index in [0.29, 0.717) is 11.8 Å². The molecule has 10 rings (SSSR count). The Labute approximate surface area is 273 Å². The molecule has 2 aromatic carbocycles. The predicted octanol–water partition coefficient (Wildman–Crippen LogP) is 8.79. The summed E-state index contributed by atoms with van der Waals surface area (Å²) in [5.74, 6) is 0.923. The molecule has 4 fully saturated rings. The van der Waals surface area contributed by atoms with Crippen molar-refractivity contribution in [3.05, 3.63) is 47.0 Å². The summed E-state index contributed by atoms with van der Waals surface area (Å²) in [6, 6.07) is 9.37. The van der Waals surface area contributed by atoms with Gasteiger partial charge in [-0.2, -0.15) is 0 Å². The molecule has 2 saturated carbocycles. The Morgan fingerprint density at radius 2 is 0.913 bits per heavy atom. The van der Waals surface area contributed by atoms with Crippen molar-refractivity contribution in [1.29, 1.82) is 0 Å². The van der Waals surface area contributed by atoms with Crippen molar-refractivity contribution in [3.63, 3.8) is 0 Å². The second-order valence-corrected chi connectivity index (χ2v) is 17.3. The smallest absolute Gasteiger partial charge is 0.113 e. The zero-order chi connectivity index (χ0) is 31.4. The topological polar surface area (TPSA) is 58.0 Å². The lowest BCUT2D eigenvalue weighted by Gasteiger charge is -2.34. The Kier molecular flexibility index (Phi) is 5.31. The van der Waals surface area contributed by atoms with Gasteiger partial charge in [0.2, 0.25) is 0 Å². The van der Waals surface area contributed by atoms with Crippen molar-refractivity contribution >= 4 is 33.4 Å². The Hall–Kier alpha value is -3.28. The summed E-state index contributed by atoms with van der Waals surface area (Å²) < 4.78 is 0. The minimum absolute atomic E-state index is 0.0742. The second kappa shape index (κ2) is 8.79. The molecule has 0 amide bonds. The molecular formula is C40H48N6. The summed E-state index contributed by atoms with van der Waals surface area (Å²) in [5, 5.41) is 0.